The van der Waals surface area contributed by atoms with Crippen molar-refractivity contribution in [2.75, 3.05) is 0 Å². The number of para-hydroxylation sites is 1. The summed E-state index contributed by atoms with van der Waals surface area (Å²) in [6.07, 6.45) is -1.37. The topological polar surface area (TPSA) is 68.4 Å². The van der Waals surface area contributed by atoms with Crippen molar-refractivity contribution in [2.24, 2.45) is 0 Å². The minimum absolute atomic E-state index is 0.103. The highest BCUT2D eigenvalue weighted by molar-refractivity contribution is 5.52. The van der Waals surface area contributed by atoms with Crippen molar-refractivity contribution in [3.63, 3.8) is 0 Å². The molecule has 23 heavy (non-hydrogen) atoms. The van der Waals surface area contributed by atoms with E-state index in [-0.39, 0.29) is 23.1 Å². The van der Waals surface area contributed by atoms with Crippen LogP contribution in [-0.2, 0) is 0 Å². The zero-order valence-electron chi connectivity index (χ0n) is 11.8. The van der Waals surface area contributed by atoms with Gasteiger partial charge in [0.05, 0.1) is 0 Å². The third-order valence-corrected chi connectivity index (χ3v) is 3.12. The fourth-order valence-corrected chi connectivity index (χ4v) is 2.09. The Kier molecular flexibility index (Phi) is 4.29. The van der Waals surface area contributed by atoms with Crippen molar-refractivity contribution in [3.8, 4) is 17.2 Å². The molecule has 0 aliphatic carbocycles. The van der Waals surface area contributed by atoms with Crippen molar-refractivity contribution >= 4 is 0 Å². The Morgan fingerprint density at radius 2 is 1.65 bits per heavy atom. The van der Waals surface area contributed by atoms with Crippen LogP contribution in [0.3, 0.4) is 0 Å². The minimum Gasteiger partial charge on any atom is -0.434 e. The van der Waals surface area contributed by atoms with Gasteiger partial charge in [-0.25, -0.2) is 0 Å². The molecular weight excluding hydrogens is 306 g/mol. The van der Waals surface area contributed by atoms with E-state index < -0.39 is 12.7 Å². The molecule has 0 fully saturated rings. The largest absolute Gasteiger partial charge is 0.434 e. The van der Waals surface area contributed by atoms with Gasteiger partial charge >= 0.3 is 6.61 Å². The third kappa shape index (κ3) is 3.35. The van der Waals surface area contributed by atoms with E-state index in [1.165, 1.54) is 18.2 Å². The molecule has 0 aliphatic rings. The van der Waals surface area contributed by atoms with Crippen LogP contribution in [0.4, 0.5) is 8.78 Å². The van der Waals surface area contributed by atoms with Gasteiger partial charge in [0.15, 0.2) is 6.10 Å². The molecule has 0 saturated carbocycles. The maximum Gasteiger partial charge on any atom is 0.387 e. The molecule has 3 aromatic rings. The second kappa shape index (κ2) is 6.53. The van der Waals surface area contributed by atoms with Crippen LogP contribution in [0.2, 0.25) is 0 Å². The highest BCUT2D eigenvalue weighted by Crippen LogP contribution is 2.31. The van der Waals surface area contributed by atoms with Crippen molar-refractivity contribution in [1.29, 1.82) is 0 Å². The number of hydrogen-bond donors (Lipinski definition) is 1. The molecule has 2 aromatic carbocycles. The lowest BCUT2D eigenvalue weighted by atomic mass is 10.1. The summed E-state index contributed by atoms with van der Waals surface area (Å²) in [5.41, 5.74) is 0.812. The first-order chi connectivity index (χ1) is 11.1. The van der Waals surface area contributed by atoms with Crippen LogP contribution in [0.5, 0.6) is 5.75 Å². The average Bonchev–Trinajstić information content (AvgIpc) is 3.05. The molecule has 1 atom stereocenters. The summed E-state index contributed by atoms with van der Waals surface area (Å²) in [7, 11) is 0. The van der Waals surface area contributed by atoms with E-state index in [1.54, 1.807) is 30.3 Å². The van der Waals surface area contributed by atoms with E-state index in [1.807, 2.05) is 6.07 Å². The van der Waals surface area contributed by atoms with Gasteiger partial charge in [-0.15, -0.1) is 10.2 Å². The Labute approximate surface area is 130 Å². The third-order valence-electron chi connectivity index (χ3n) is 3.12. The smallest absolute Gasteiger partial charge is 0.387 e. The normalized spacial score (nSPS) is 12.3. The van der Waals surface area contributed by atoms with Gasteiger partial charge in [0.25, 0.3) is 0 Å². The van der Waals surface area contributed by atoms with Crippen LogP contribution in [0, 0.1) is 0 Å². The van der Waals surface area contributed by atoms with Crippen molar-refractivity contribution in [2.45, 2.75) is 12.7 Å². The molecule has 3 rings (SSSR count). The van der Waals surface area contributed by atoms with E-state index in [9.17, 15) is 13.9 Å². The zero-order chi connectivity index (χ0) is 16.2. The number of alkyl halides is 2. The Hall–Kier alpha value is -2.80. The van der Waals surface area contributed by atoms with E-state index in [2.05, 4.69) is 14.9 Å². The molecule has 5 nitrogen and oxygen atoms in total. The predicted molar refractivity (Wildman–Crippen MR) is 76.9 cm³/mol. The van der Waals surface area contributed by atoms with Crippen LogP contribution >= 0.6 is 0 Å². The molecule has 7 heteroatoms. The summed E-state index contributed by atoms with van der Waals surface area (Å²) in [4.78, 5) is 0. The molecule has 1 N–H and O–H groups in total. The molecule has 0 radical (unpaired) electrons. The summed E-state index contributed by atoms with van der Waals surface area (Å²) >= 11 is 0. The molecule has 0 spiro atoms. The number of rotatable bonds is 5. The van der Waals surface area contributed by atoms with E-state index in [4.69, 9.17) is 4.42 Å². The number of benzene rings is 2. The van der Waals surface area contributed by atoms with Gasteiger partial charge in [-0.1, -0.05) is 36.4 Å². The molecule has 118 valence electrons. The van der Waals surface area contributed by atoms with Crippen LogP contribution < -0.4 is 4.74 Å². The quantitative estimate of drug-likeness (QED) is 0.780. The first-order valence-electron chi connectivity index (χ1n) is 6.76. The predicted octanol–water partition coefficient (Wildman–Crippen LogP) is 3.42. The average molecular weight is 318 g/mol. The first-order valence-corrected chi connectivity index (χ1v) is 6.76. The van der Waals surface area contributed by atoms with Crippen LogP contribution in [-0.4, -0.2) is 21.9 Å². The maximum absolute atomic E-state index is 12.4. The monoisotopic (exact) mass is 318 g/mol. The molecular formula is C16H12F2N2O3. The van der Waals surface area contributed by atoms with Gasteiger partial charge in [-0.3, -0.25) is 0 Å². The molecule has 1 heterocycles. The number of halogens is 2. The first kappa shape index (κ1) is 15.1. The van der Waals surface area contributed by atoms with Crippen LogP contribution in [0.1, 0.15) is 17.6 Å². The number of aliphatic hydroxyl groups excluding tert-OH is 1. The molecule has 0 unspecified atom stereocenters. The van der Waals surface area contributed by atoms with Crippen molar-refractivity contribution < 1.29 is 23.0 Å². The lowest BCUT2D eigenvalue weighted by Crippen LogP contribution is -2.08. The van der Waals surface area contributed by atoms with E-state index >= 15 is 0 Å². The van der Waals surface area contributed by atoms with Gasteiger partial charge in [0.2, 0.25) is 11.8 Å². The molecule has 0 bridgehead atoms. The maximum atomic E-state index is 12.4. The Morgan fingerprint density at radius 1 is 0.957 bits per heavy atom. The van der Waals surface area contributed by atoms with Gasteiger partial charge in [0, 0.05) is 11.1 Å². The number of aliphatic hydroxyl groups is 1. The highest BCUT2D eigenvalue weighted by Gasteiger charge is 2.23. The molecule has 1 aromatic heterocycles. The second-order valence-electron chi connectivity index (χ2n) is 4.63. The van der Waals surface area contributed by atoms with Gasteiger partial charge in [-0.05, 0) is 18.2 Å². The number of ether oxygens (including phenoxy) is 1. The Balaban J connectivity index is 1.90. The second-order valence-corrected chi connectivity index (χ2v) is 4.63. The molecule has 0 aliphatic heterocycles. The standard InChI is InChI=1S/C16H12F2N2O3/c17-16(18)22-12-9-5-4-8-11(12)13(21)15-20-19-14(23-15)10-6-2-1-3-7-10/h1-9,13,16,21H/t13-/m1/s1. The van der Waals surface area contributed by atoms with Crippen molar-refractivity contribution in [1.82, 2.24) is 10.2 Å². The summed E-state index contributed by atoms with van der Waals surface area (Å²) in [6.45, 7) is -2.99. The fraction of sp³-hybridized carbons (Fsp3) is 0.125. The lowest BCUT2D eigenvalue weighted by Gasteiger charge is -2.12. The number of nitrogens with zero attached hydrogens (tertiary/aromatic N) is 2. The Bertz CT molecular complexity index is 778. The van der Waals surface area contributed by atoms with Gasteiger partial charge in [-0.2, -0.15) is 8.78 Å². The van der Waals surface area contributed by atoms with E-state index in [0.717, 1.165) is 0 Å². The summed E-state index contributed by atoms with van der Waals surface area (Å²) in [5, 5.41) is 18.0. The van der Waals surface area contributed by atoms with Gasteiger partial charge in [0.1, 0.15) is 5.75 Å². The lowest BCUT2D eigenvalue weighted by molar-refractivity contribution is -0.0514. The summed E-state index contributed by atoms with van der Waals surface area (Å²) < 4.78 is 34.7. The van der Waals surface area contributed by atoms with Gasteiger partial charge < -0.3 is 14.3 Å². The summed E-state index contributed by atoms with van der Waals surface area (Å²) in [5.74, 6) is -0.0180. The summed E-state index contributed by atoms with van der Waals surface area (Å²) in [6, 6.07) is 14.9. The van der Waals surface area contributed by atoms with E-state index in [0.29, 0.717) is 5.56 Å². The van der Waals surface area contributed by atoms with Crippen LogP contribution in [0.25, 0.3) is 11.5 Å². The zero-order valence-corrected chi connectivity index (χ0v) is 11.8. The Morgan fingerprint density at radius 3 is 2.39 bits per heavy atom. The highest BCUT2D eigenvalue weighted by atomic mass is 19.3. The van der Waals surface area contributed by atoms with Crippen molar-refractivity contribution in [3.05, 3.63) is 66.1 Å². The minimum atomic E-state index is -2.99. The van der Waals surface area contributed by atoms with Crippen LogP contribution in [0.15, 0.2) is 59.0 Å². The SMILES string of the molecule is O[C@@H](c1nnc(-c2ccccc2)o1)c1ccccc1OC(F)F. The molecule has 0 amide bonds. The fourth-order valence-electron chi connectivity index (χ4n) is 2.09. The number of aromatic nitrogens is 2. The molecule has 0 saturated heterocycles. The number of hydrogen-bond acceptors (Lipinski definition) is 5.